The minimum absolute atomic E-state index is 0.492. The second-order valence-corrected chi connectivity index (χ2v) is 6.37. The molecule has 0 aromatic rings. The summed E-state index contributed by atoms with van der Waals surface area (Å²) in [4.78, 5) is 2.55. The molecule has 1 aliphatic heterocycles. The van der Waals surface area contributed by atoms with Crippen molar-refractivity contribution in [3.05, 3.63) is 0 Å². The van der Waals surface area contributed by atoms with E-state index in [1.54, 1.807) is 0 Å². The highest BCUT2D eigenvalue weighted by Gasteiger charge is 2.14. The van der Waals surface area contributed by atoms with Crippen molar-refractivity contribution in [2.24, 2.45) is 11.8 Å². The average molecular weight is 256 g/mol. The summed E-state index contributed by atoms with van der Waals surface area (Å²) in [6, 6.07) is 0. The van der Waals surface area contributed by atoms with Gasteiger partial charge in [0, 0.05) is 19.6 Å². The van der Waals surface area contributed by atoms with Crippen LogP contribution >= 0.6 is 0 Å². The number of rotatable bonds is 8. The summed E-state index contributed by atoms with van der Waals surface area (Å²) in [7, 11) is 0. The molecule has 18 heavy (non-hydrogen) atoms. The lowest BCUT2D eigenvalue weighted by atomic mass is 10.1. The Morgan fingerprint density at radius 1 is 1.06 bits per heavy atom. The zero-order chi connectivity index (χ0) is 13.4. The van der Waals surface area contributed by atoms with E-state index in [0.717, 1.165) is 38.1 Å². The van der Waals surface area contributed by atoms with Crippen LogP contribution in [0.4, 0.5) is 0 Å². The maximum atomic E-state index is 5.99. The smallest absolute Gasteiger partial charge is 0.0600 e. The number of hydrogen-bond acceptors (Lipinski definition) is 3. The van der Waals surface area contributed by atoms with Gasteiger partial charge in [-0.05, 0) is 37.8 Å². The number of hydrogen-bond donors (Lipinski definition) is 1. The first-order valence-electron chi connectivity index (χ1n) is 7.62. The van der Waals surface area contributed by atoms with Crippen LogP contribution in [0.25, 0.3) is 0 Å². The van der Waals surface area contributed by atoms with Crippen molar-refractivity contribution < 1.29 is 4.74 Å². The highest BCUT2D eigenvalue weighted by atomic mass is 16.5. The summed E-state index contributed by atoms with van der Waals surface area (Å²) in [5.74, 6) is 1.48. The van der Waals surface area contributed by atoms with E-state index in [1.165, 1.54) is 25.9 Å². The number of nitrogens with one attached hydrogen (secondary N) is 1. The van der Waals surface area contributed by atoms with E-state index in [9.17, 15) is 0 Å². The maximum Gasteiger partial charge on any atom is 0.0600 e. The molecule has 0 aromatic carbocycles. The fourth-order valence-corrected chi connectivity index (χ4v) is 2.60. The second kappa shape index (κ2) is 8.89. The summed E-state index contributed by atoms with van der Waals surface area (Å²) in [5, 5.41) is 3.38. The van der Waals surface area contributed by atoms with E-state index in [2.05, 4.69) is 37.9 Å². The molecule has 0 aromatic heterocycles. The first-order valence-corrected chi connectivity index (χ1v) is 7.62. The zero-order valence-corrected chi connectivity index (χ0v) is 12.7. The van der Waals surface area contributed by atoms with Crippen molar-refractivity contribution in [1.82, 2.24) is 10.2 Å². The number of nitrogens with zero attached hydrogens (tertiary/aromatic N) is 1. The molecule has 1 heterocycles. The molecule has 108 valence electrons. The highest BCUT2D eigenvalue weighted by Crippen LogP contribution is 2.08. The van der Waals surface area contributed by atoms with Crippen LogP contribution in [0, 0.1) is 11.8 Å². The third kappa shape index (κ3) is 7.34. The van der Waals surface area contributed by atoms with Gasteiger partial charge in [-0.2, -0.15) is 0 Å². The van der Waals surface area contributed by atoms with Gasteiger partial charge in [-0.15, -0.1) is 0 Å². The standard InChI is InChI=1S/C15H32N2O/c1-13(2)11-17(12-14(3)4)9-10-18-15-5-7-16-8-6-15/h13-16H,5-12H2,1-4H3. The minimum atomic E-state index is 0.492. The molecule has 0 radical (unpaired) electrons. The van der Waals surface area contributed by atoms with Gasteiger partial charge in [-0.3, -0.25) is 0 Å². The summed E-state index contributed by atoms with van der Waals surface area (Å²) in [6.45, 7) is 15.8. The third-order valence-electron chi connectivity index (χ3n) is 3.29. The predicted octanol–water partition coefficient (Wildman–Crippen LogP) is 2.37. The second-order valence-electron chi connectivity index (χ2n) is 6.37. The quantitative estimate of drug-likeness (QED) is 0.721. The molecule has 0 bridgehead atoms. The van der Waals surface area contributed by atoms with Crippen LogP contribution in [0.2, 0.25) is 0 Å². The minimum Gasteiger partial charge on any atom is -0.377 e. The Balaban J connectivity index is 2.18. The van der Waals surface area contributed by atoms with E-state index in [-0.39, 0.29) is 0 Å². The largest absolute Gasteiger partial charge is 0.377 e. The molecular formula is C15H32N2O. The van der Waals surface area contributed by atoms with Crippen molar-refractivity contribution >= 4 is 0 Å². The Hall–Kier alpha value is -0.120. The molecule has 1 fully saturated rings. The molecule has 0 spiro atoms. The molecule has 3 nitrogen and oxygen atoms in total. The van der Waals surface area contributed by atoms with Gasteiger partial charge in [0.15, 0.2) is 0 Å². The van der Waals surface area contributed by atoms with Crippen molar-refractivity contribution in [2.75, 3.05) is 39.3 Å². The number of ether oxygens (including phenoxy) is 1. The Morgan fingerprint density at radius 2 is 1.61 bits per heavy atom. The van der Waals surface area contributed by atoms with Crippen molar-refractivity contribution in [3.63, 3.8) is 0 Å². The molecule has 3 heteroatoms. The SMILES string of the molecule is CC(C)CN(CCOC1CCNCC1)CC(C)C. The molecule has 0 amide bonds. The molecule has 0 aliphatic carbocycles. The molecule has 1 N–H and O–H groups in total. The van der Waals surface area contributed by atoms with Gasteiger partial charge in [0.25, 0.3) is 0 Å². The molecule has 1 aliphatic rings. The van der Waals surface area contributed by atoms with Crippen LogP contribution in [0.1, 0.15) is 40.5 Å². The van der Waals surface area contributed by atoms with Crippen LogP contribution in [-0.2, 0) is 4.74 Å². The van der Waals surface area contributed by atoms with Gasteiger partial charge >= 0.3 is 0 Å². The normalized spacial score (nSPS) is 18.2. The van der Waals surface area contributed by atoms with Gasteiger partial charge in [-0.1, -0.05) is 27.7 Å². The van der Waals surface area contributed by atoms with E-state index in [4.69, 9.17) is 4.74 Å². The van der Waals surface area contributed by atoms with Gasteiger partial charge < -0.3 is 15.0 Å². The lowest BCUT2D eigenvalue weighted by Crippen LogP contribution is -2.37. The fourth-order valence-electron chi connectivity index (χ4n) is 2.60. The Bertz CT molecular complexity index is 191. The predicted molar refractivity (Wildman–Crippen MR) is 78.0 cm³/mol. The summed E-state index contributed by atoms with van der Waals surface area (Å²) in [5.41, 5.74) is 0. The molecule has 0 saturated carbocycles. The molecular weight excluding hydrogens is 224 g/mol. The van der Waals surface area contributed by atoms with Gasteiger partial charge in [0.05, 0.1) is 12.7 Å². The van der Waals surface area contributed by atoms with Crippen LogP contribution in [0.5, 0.6) is 0 Å². The van der Waals surface area contributed by atoms with Gasteiger partial charge in [-0.25, -0.2) is 0 Å². The molecule has 0 atom stereocenters. The van der Waals surface area contributed by atoms with E-state index < -0.39 is 0 Å². The Labute approximate surface area is 113 Å². The van der Waals surface area contributed by atoms with Gasteiger partial charge in [0.1, 0.15) is 0 Å². The Kier molecular flexibility index (Phi) is 7.87. The monoisotopic (exact) mass is 256 g/mol. The van der Waals surface area contributed by atoms with Crippen molar-refractivity contribution in [3.8, 4) is 0 Å². The van der Waals surface area contributed by atoms with Crippen LogP contribution in [0.3, 0.4) is 0 Å². The molecule has 1 saturated heterocycles. The van der Waals surface area contributed by atoms with E-state index in [0.29, 0.717) is 6.10 Å². The van der Waals surface area contributed by atoms with Crippen molar-refractivity contribution in [2.45, 2.75) is 46.6 Å². The Morgan fingerprint density at radius 3 is 2.11 bits per heavy atom. The number of piperidine rings is 1. The first-order chi connectivity index (χ1) is 8.58. The van der Waals surface area contributed by atoms with E-state index in [1.807, 2.05) is 0 Å². The van der Waals surface area contributed by atoms with Crippen LogP contribution < -0.4 is 5.32 Å². The topological polar surface area (TPSA) is 24.5 Å². The van der Waals surface area contributed by atoms with E-state index >= 15 is 0 Å². The summed E-state index contributed by atoms with van der Waals surface area (Å²) < 4.78 is 5.99. The summed E-state index contributed by atoms with van der Waals surface area (Å²) in [6.07, 6.45) is 2.84. The fraction of sp³-hybridized carbons (Fsp3) is 1.00. The van der Waals surface area contributed by atoms with Crippen molar-refractivity contribution in [1.29, 1.82) is 0 Å². The highest BCUT2D eigenvalue weighted by molar-refractivity contribution is 4.69. The third-order valence-corrected chi connectivity index (χ3v) is 3.29. The average Bonchev–Trinajstić information content (AvgIpc) is 2.28. The molecule has 1 rings (SSSR count). The van der Waals surface area contributed by atoms with Crippen LogP contribution in [-0.4, -0.2) is 50.3 Å². The lowest BCUT2D eigenvalue weighted by molar-refractivity contribution is 0.0173. The lowest BCUT2D eigenvalue weighted by Gasteiger charge is -2.28. The first kappa shape index (κ1) is 15.9. The van der Waals surface area contributed by atoms with Gasteiger partial charge in [0.2, 0.25) is 0 Å². The zero-order valence-electron chi connectivity index (χ0n) is 12.7. The maximum absolute atomic E-state index is 5.99. The molecule has 0 unspecified atom stereocenters. The van der Waals surface area contributed by atoms with Crippen LogP contribution in [0.15, 0.2) is 0 Å². The summed E-state index contributed by atoms with van der Waals surface area (Å²) >= 11 is 0.